The molecule has 1 atom stereocenters. The fourth-order valence-electron chi connectivity index (χ4n) is 2.81. The lowest BCUT2D eigenvalue weighted by atomic mass is 9.97. The molecule has 1 aromatic rings. The number of carbonyl (C=O) groups is 2. The fourth-order valence-corrected chi connectivity index (χ4v) is 2.81. The molecule has 0 spiro atoms. The highest BCUT2D eigenvalue weighted by atomic mass is 16.5. The maximum Gasteiger partial charge on any atom is 0.341 e. The number of carbonyl (C=O) groups excluding carboxylic acids is 1. The van der Waals surface area contributed by atoms with Gasteiger partial charge >= 0.3 is 5.97 Å². The molecule has 0 saturated heterocycles. The van der Waals surface area contributed by atoms with E-state index in [2.05, 4.69) is 5.32 Å². The summed E-state index contributed by atoms with van der Waals surface area (Å²) in [5.74, 6) is -0.828. The first-order valence-electron chi connectivity index (χ1n) is 8.49. The van der Waals surface area contributed by atoms with E-state index in [1.54, 1.807) is 24.3 Å². The van der Waals surface area contributed by atoms with Gasteiger partial charge in [0.25, 0.3) is 5.91 Å². The van der Waals surface area contributed by atoms with Gasteiger partial charge in [-0.25, -0.2) is 4.79 Å². The van der Waals surface area contributed by atoms with E-state index in [9.17, 15) is 9.59 Å². The van der Waals surface area contributed by atoms with Crippen LogP contribution < -0.4 is 10.1 Å². The van der Waals surface area contributed by atoms with Crippen LogP contribution in [0, 0.1) is 0 Å². The van der Waals surface area contributed by atoms with Crippen LogP contribution in [0.3, 0.4) is 0 Å². The van der Waals surface area contributed by atoms with E-state index in [0.29, 0.717) is 17.9 Å². The highest BCUT2D eigenvalue weighted by Gasteiger charge is 2.23. The summed E-state index contributed by atoms with van der Waals surface area (Å²) in [6.45, 7) is 1.51. The normalized spacial score (nSPS) is 16.4. The molecule has 6 heteroatoms. The zero-order valence-corrected chi connectivity index (χ0v) is 14.0. The van der Waals surface area contributed by atoms with Gasteiger partial charge in [-0.15, -0.1) is 0 Å². The molecule has 1 unspecified atom stereocenters. The van der Waals surface area contributed by atoms with E-state index in [1.165, 1.54) is 6.42 Å². The Morgan fingerprint density at radius 1 is 1.29 bits per heavy atom. The molecule has 0 aliphatic heterocycles. The molecule has 0 heterocycles. The van der Waals surface area contributed by atoms with Gasteiger partial charge in [-0.3, -0.25) is 4.79 Å². The van der Waals surface area contributed by atoms with Crippen LogP contribution in [-0.2, 0) is 14.3 Å². The second kappa shape index (κ2) is 9.27. The van der Waals surface area contributed by atoms with Crippen LogP contribution in [0.5, 0.6) is 5.75 Å². The predicted octanol–water partition coefficient (Wildman–Crippen LogP) is 3.22. The van der Waals surface area contributed by atoms with Crippen molar-refractivity contribution in [1.29, 1.82) is 0 Å². The maximum atomic E-state index is 12.4. The number of nitrogens with one attached hydrogen (secondary N) is 1. The molecule has 0 aromatic heterocycles. The largest absolute Gasteiger partial charge is 0.482 e. The van der Waals surface area contributed by atoms with Crippen molar-refractivity contribution in [3.8, 4) is 5.75 Å². The molecule has 1 aliphatic rings. The van der Waals surface area contributed by atoms with E-state index in [4.69, 9.17) is 14.6 Å². The Bertz CT molecular complexity index is 554. The monoisotopic (exact) mass is 335 g/mol. The number of benzene rings is 1. The Hall–Kier alpha value is -2.08. The molecule has 0 bridgehead atoms. The van der Waals surface area contributed by atoms with Gasteiger partial charge in [0, 0.05) is 11.8 Å². The Morgan fingerprint density at radius 3 is 2.71 bits per heavy atom. The summed E-state index contributed by atoms with van der Waals surface area (Å²) in [4.78, 5) is 23.0. The van der Waals surface area contributed by atoms with Crippen LogP contribution in [0.2, 0.25) is 0 Å². The summed E-state index contributed by atoms with van der Waals surface area (Å²) >= 11 is 0. The molecule has 24 heavy (non-hydrogen) atoms. The van der Waals surface area contributed by atoms with E-state index < -0.39 is 18.7 Å². The topological polar surface area (TPSA) is 84.9 Å². The van der Waals surface area contributed by atoms with E-state index in [0.717, 1.165) is 25.7 Å². The molecule has 1 amide bonds. The molecule has 1 fully saturated rings. The molecule has 0 radical (unpaired) electrons. The minimum Gasteiger partial charge on any atom is -0.482 e. The lowest BCUT2D eigenvalue weighted by Gasteiger charge is -2.26. The molecule has 2 rings (SSSR count). The average Bonchev–Trinajstić information content (AvgIpc) is 2.59. The summed E-state index contributed by atoms with van der Waals surface area (Å²) in [6.07, 6.45) is 5.89. The number of carboxylic acids is 1. The minimum absolute atomic E-state index is 0.166. The first-order valence-corrected chi connectivity index (χ1v) is 8.49. The number of amides is 1. The highest BCUT2D eigenvalue weighted by Crippen LogP contribution is 2.23. The third kappa shape index (κ3) is 5.85. The van der Waals surface area contributed by atoms with Gasteiger partial charge in [-0.2, -0.15) is 0 Å². The summed E-state index contributed by atoms with van der Waals surface area (Å²) in [5.41, 5.74) is 0.564. The zero-order valence-electron chi connectivity index (χ0n) is 14.0. The smallest absolute Gasteiger partial charge is 0.341 e. The quantitative estimate of drug-likeness (QED) is 0.762. The number of anilines is 1. The first-order chi connectivity index (χ1) is 11.6. The molecule has 132 valence electrons. The Labute approximate surface area is 142 Å². The standard InChI is InChI=1S/C18H25NO5/c1-2-16(24-14-8-4-3-5-9-14)18(22)19-13-7-6-10-15(11-13)23-12-17(20)21/h6-7,10-11,14,16H,2-5,8-9,12H2,1H3,(H,19,22)(H,20,21). The average molecular weight is 335 g/mol. The van der Waals surface area contributed by atoms with Crippen LogP contribution in [0.25, 0.3) is 0 Å². The van der Waals surface area contributed by atoms with Crippen LogP contribution >= 0.6 is 0 Å². The highest BCUT2D eigenvalue weighted by molar-refractivity contribution is 5.94. The van der Waals surface area contributed by atoms with E-state index in [-0.39, 0.29) is 12.0 Å². The fraction of sp³-hybridized carbons (Fsp3) is 0.556. The van der Waals surface area contributed by atoms with Gasteiger partial charge in [0.2, 0.25) is 0 Å². The van der Waals surface area contributed by atoms with Gasteiger partial charge in [-0.05, 0) is 31.4 Å². The zero-order chi connectivity index (χ0) is 17.4. The molecule has 2 N–H and O–H groups in total. The van der Waals surface area contributed by atoms with Crippen molar-refractivity contribution in [2.45, 2.75) is 57.7 Å². The van der Waals surface area contributed by atoms with Gasteiger partial charge in [0.15, 0.2) is 6.61 Å². The number of carboxylic acid groups (broad SMARTS) is 1. The molecular weight excluding hydrogens is 310 g/mol. The van der Waals surface area contributed by atoms with E-state index in [1.807, 2.05) is 6.92 Å². The third-order valence-corrected chi connectivity index (χ3v) is 4.04. The van der Waals surface area contributed by atoms with Crippen molar-refractivity contribution in [2.75, 3.05) is 11.9 Å². The number of hydrogen-bond donors (Lipinski definition) is 2. The van der Waals surface area contributed by atoms with Crippen LogP contribution in [-0.4, -0.2) is 35.8 Å². The maximum absolute atomic E-state index is 12.4. The lowest BCUT2D eigenvalue weighted by Crippen LogP contribution is -2.34. The van der Waals surface area contributed by atoms with Crippen LogP contribution in [0.1, 0.15) is 45.4 Å². The first kappa shape index (κ1) is 18.3. The van der Waals surface area contributed by atoms with Crippen molar-refractivity contribution in [3.63, 3.8) is 0 Å². The molecule has 1 saturated carbocycles. The van der Waals surface area contributed by atoms with Crippen molar-refractivity contribution in [3.05, 3.63) is 24.3 Å². The molecule has 1 aliphatic carbocycles. The number of rotatable bonds is 8. The van der Waals surface area contributed by atoms with Gasteiger partial charge < -0.3 is 19.9 Å². The number of ether oxygens (including phenoxy) is 2. The second-order valence-corrected chi connectivity index (χ2v) is 5.99. The summed E-state index contributed by atoms with van der Waals surface area (Å²) in [7, 11) is 0. The minimum atomic E-state index is -1.05. The van der Waals surface area contributed by atoms with Crippen molar-refractivity contribution < 1.29 is 24.2 Å². The second-order valence-electron chi connectivity index (χ2n) is 5.99. The third-order valence-electron chi connectivity index (χ3n) is 4.04. The van der Waals surface area contributed by atoms with Crippen LogP contribution in [0.15, 0.2) is 24.3 Å². The van der Waals surface area contributed by atoms with Gasteiger partial charge in [0.1, 0.15) is 11.9 Å². The summed E-state index contributed by atoms with van der Waals surface area (Å²) in [5, 5.41) is 11.5. The Morgan fingerprint density at radius 2 is 2.04 bits per heavy atom. The lowest BCUT2D eigenvalue weighted by molar-refractivity contribution is -0.139. The van der Waals surface area contributed by atoms with Gasteiger partial charge in [0.05, 0.1) is 6.10 Å². The number of hydrogen-bond acceptors (Lipinski definition) is 4. The van der Waals surface area contributed by atoms with E-state index >= 15 is 0 Å². The Balaban J connectivity index is 1.91. The predicted molar refractivity (Wildman–Crippen MR) is 90.2 cm³/mol. The van der Waals surface area contributed by atoms with Crippen molar-refractivity contribution >= 4 is 17.6 Å². The summed E-state index contributed by atoms with van der Waals surface area (Å²) < 4.78 is 11.1. The van der Waals surface area contributed by atoms with Crippen LogP contribution in [0.4, 0.5) is 5.69 Å². The summed E-state index contributed by atoms with van der Waals surface area (Å²) in [6, 6.07) is 6.69. The molecular formula is C18H25NO5. The number of aliphatic carboxylic acids is 1. The van der Waals surface area contributed by atoms with Gasteiger partial charge in [-0.1, -0.05) is 32.3 Å². The Kier molecular flexibility index (Phi) is 7.06. The van der Waals surface area contributed by atoms with Crippen molar-refractivity contribution in [2.24, 2.45) is 0 Å². The molecule has 1 aromatic carbocycles. The SMILES string of the molecule is CCC(OC1CCCCC1)C(=O)Nc1cccc(OCC(=O)O)c1. The molecule has 6 nitrogen and oxygen atoms in total. The van der Waals surface area contributed by atoms with Crippen molar-refractivity contribution in [1.82, 2.24) is 0 Å².